The third kappa shape index (κ3) is 5.76. The number of hydrogen-bond acceptors (Lipinski definition) is 3. The predicted molar refractivity (Wildman–Crippen MR) is 99.7 cm³/mol. The van der Waals surface area contributed by atoms with Gasteiger partial charge in [-0.2, -0.15) is 0 Å². The standard InChI is InChI=1S/C17H22ClFN4S/c1-3-20-17(22-10-8-16-23-11-12(2)24-16)21-9-7-13-14(18)5-4-6-15(13)19/h4-6,11H,3,7-10H2,1-2H3,(H2,20,21,22). The van der Waals surface area contributed by atoms with Gasteiger partial charge in [0.1, 0.15) is 5.82 Å². The van der Waals surface area contributed by atoms with E-state index >= 15 is 0 Å². The molecule has 0 aliphatic carbocycles. The van der Waals surface area contributed by atoms with E-state index in [4.69, 9.17) is 11.6 Å². The number of thiazole rings is 1. The Labute approximate surface area is 151 Å². The lowest BCUT2D eigenvalue weighted by Gasteiger charge is -2.12. The number of aryl methyl sites for hydroxylation is 1. The summed E-state index contributed by atoms with van der Waals surface area (Å²) in [5.41, 5.74) is 0.528. The van der Waals surface area contributed by atoms with Gasteiger partial charge in [0.05, 0.1) is 5.01 Å². The molecule has 0 fully saturated rings. The van der Waals surface area contributed by atoms with Gasteiger partial charge in [-0.05, 0) is 32.4 Å². The average Bonchev–Trinajstić information content (AvgIpc) is 2.95. The maximum absolute atomic E-state index is 13.8. The third-order valence-electron chi connectivity index (χ3n) is 3.34. The summed E-state index contributed by atoms with van der Waals surface area (Å²) in [7, 11) is 0. The topological polar surface area (TPSA) is 49.3 Å². The molecule has 4 nitrogen and oxygen atoms in total. The molecule has 1 heterocycles. The van der Waals surface area contributed by atoms with Crippen LogP contribution in [0.3, 0.4) is 0 Å². The van der Waals surface area contributed by atoms with Gasteiger partial charge in [-0.15, -0.1) is 11.3 Å². The van der Waals surface area contributed by atoms with Gasteiger partial charge < -0.3 is 10.6 Å². The normalized spacial score (nSPS) is 11.6. The average molecular weight is 369 g/mol. The van der Waals surface area contributed by atoms with Crippen LogP contribution in [0.4, 0.5) is 4.39 Å². The van der Waals surface area contributed by atoms with Crippen molar-refractivity contribution >= 4 is 28.9 Å². The van der Waals surface area contributed by atoms with Crippen LogP contribution in [-0.4, -0.2) is 30.6 Å². The van der Waals surface area contributed by atoms with Crippen molar-refractivity contribution in [2.75, 3.05) is 19.6 Å². The third-order valence-corrected chi connectivity index (χ3v) is 4.66. The monoisotopic (exact) mass is 368 g/mol. The molecule has 2 aromatic rings. The highest BCUT2D eigenvalue weighted by atomic mass is 35.5. The minimum absolute atomic E-state index is 0.273. The van der Waals surface area contributed by atoms with E-state index in [0.717, 1.165) is 23.9 Å². The first-order valence-corrected chi connectivity index (χ1v) is 9.16. The maximum Gasteiger partial charge on any atom is 0.191 e. The Morgan fingerprint density at radius 1 is 1.33 bits per heavy atom. The SMILES string of the molecule is CCNC(=NCCc1ncc(C)s1)NCCc1c(F)cccc1Cl. The molecule has 0 bridgehead atoms. The lowest BCUT2D eigenvalue weighted by molar-refractivity contribution is 0.607. The molecule has 1 aromatic carbocycles. The zero-order valence-corrected chi connectivity index (χ0v) is 15.5. The largest absolute Gasteiger partial charge is 0.357 e. The summed E-state index contributed by atoms with van der Waals surface area (Å²) in [6.07, 6.45) is 3.20. The lowest BCUT2D eigenvalue weighted by Crippen LogP contribution is -2.38. The van der Waals surface area contributed by atoms with Gasteiger partial charge in [0.25, 0.3) is 0 Å². The number of nitrogens with zero attached hydrogens (tertiary/aromatic N) is 2. The minimum Gasteiger partial charge on any atom is -0.357 e. The predicted octanol–water partition coefficient (Wildman–Crippen LogP) is 3.58. The molecule has 0 saturated heterocycles. The molecule has 0 aliphatic rings. The summed E-state index contributed by atoms with van der Waals surface area (Å²) in [6, 6.07) is 4.74. The van der Waals surface area contributed by atoms with E-state index in [-0.39, 0.29) is 5.82 Å². The number of aliphatic imine (C=N–C) groups is 1. The molecule has 24 heavy (non-hydrogen) atoms. The van der Waals surface area contributed by atoms with Gasteiger partial charge in [-0.1, -0.05) is 17.7 Å². The first-order chi connectivity index (χ1) is 11.6. The van der Waals surface area contributed by atoms with E-state index in [2.05, 4.69) is 20.6 Å². The van der Waals surface area contributed by atoms with Crippen molar-refractivity contribution in [2.45, 2.75) is 26.7 Å². The van der Waals surface area contributed by atoms with Crippen LogP contribution >= 0.6 is 22.9 Å². The molecule has 130 valence electrons. The fraction of sp³-hybridized carbons (Fsp3) is 0.412. The highest BCUT2D eigenvalue weighted by molar-refractivity contribution is 7.11. The molecular formula is C17H22ClFN4S. The highest BCUT2D eigenvalue weighted by Gasteiger charge is 2.07. The number of guanidine groups is 1. The fourth-order valence-electron chi connectivity index (χ4n) is 2.20. The molecule has 0 atom stereocenters. The van der Waals surface area contributed by atoms with Crippen molar-refractivity contribution in [2.24, 2.45) is 4.99 Å². The number of nitrogens with one attached hydrogen (secondary N) is 2. The number of rotatable bonds is 7. The Kier molecular flexibility index (Phi) is 7.46. The summed E-state index contributed by atoms with van der Waals surface area (Å²) < 4.78 is 13.8. The fourth-order valence-corrected chi connectivity index (χ4v) is 3.23. The van der Waals surface area contributed by atoms with E-state index in [9.17, 15) is 4.39 Å². The smallest absolute Gasteiger partial charge is 0.191 e. The van der Waals surface area contributed by atoms with Crippen LogP contribution in [-0.2, 0) is 12.8 Å². The highest BCUT2D eigenvalue weighted by Crippen LogP contribution is 2.18. The number of hydrogen-bond donors (Lipinski definition) is 2. The number of benzene rings is 1. The van der Waals surface area contributed by atoms with Gasteiger partial charge in [-0.3, -0.25) is 4.99 Å². The van der Waals surface area contributed by atoms with Crippen LogP contribution in [0, 0.1) is 12.7 Å². The van der Waals surface area contributed by atoms with Crippen LogP contribution in [0.25, 0.3) is 0 Å². The first kappa shape index (κ1) is 18.7. The molecule has 7 heteroatoms. The summed E-state index contributed by atoms with van der Waals surface area (Å²) >= 11 is 7.73. The lowest BCUT2D eigenvalue weighted by atomic mass is 10.1. The molecule has 0 radical (unpaired) electrons. The maximum atomic E-state index is 13.8. The number of aromatic nitrogens is 1. The Hall–Kier alpha value is -1.66. The van der Waals surface area contributed by atoms with Gasteiger partial charge in [0, 0.05) is 47.7 Å². The van der Waals surface area contributed by atoms with Crippen molar-refractivity contribution in [1.29, 1.82) is 0 Å². The van der Waals surface area contributed by atoms with Gasteiger partial charge >= 0.3 is 0 Å². The molecule has 0 spiro atoms. The van der Waals surface area contributed by atoms with E-state index in [1.54, 1.807) is 23.5 Å². The van der Waals surface area contributed by atoms with Crippen molar-refractivity contribution in [1.82, 2.24) is 15.6 Å². The van der Waals surface area contributed by atoms with Crippen molar-refractivity contribution in [3.8, 4) is 0 Å². The quantitative estimate of drug-likeness (QED) is 0.580. The van der Waals surface area contributed by atoms with Crippen molar-refractivity contribution < 1.29 is 4.39 Å². The summed E-state index contributed by atoms with van der Waals surface area (Å²) in [4.78, 5) is 10.1. The van der Waals surface area contributed by atoms with Crippen molar-refractivity contribution in [3.05, 3.63) is 50.7 Å². The van der Waals surface area contributed by atoms with Crippen LogP contribution in [0.15, 0.2) is 29.4 Å². The Morgan fingerprint density at radius 3 is 2.83 bits per heavy atom. The second-order valence-corrected chi connectivity index (χ2v) is 6.98. The second kappa shape index (κ2) is 9.59. The van der Waals surface area contributed by atoms with E-state index < -0.39 is 0 Å². The summed E-state index contributed by atoms with van der Waals surface area (Å²) in [5, 5.41) is 7.94. The summed E-state index contributed by atoms with van der Waals surface area (Å²) in [5.74, 6) is 0.448. The van der Waals surface area contributed by atoms with Crippen LogP contribution in [0.2, 0.25) is 5.02 Å². The molecule has 0 saturated carbocycles. The molecule has 0 unspecified atom stereocenters. The van der Waals surface area contributed by atoms with E-state index in [0.29, 0.717) is 30.1 Å². The second-order valence-electron chi connectivity index (χ2n) is 5.25. The van der Waals surface area contributed by atoms with E-state index in [1.807, 2.05) is 20.0 Å². The van der Waals surface area contributed by atoms with Gasteiger partial charge in [-0.25, -0.2) is 9.37 Å². The van der Waals surface area contributed by atoms with Crippen LogP contribution in [0.1, 0.15) is 22.4 Å². The minimum atomic E-state index is -0.273. The summed E-state index contributed by atoms with van der Waals surface area (Å²) in [6.45, 7) is 6.03. The Morgan fingerprint density at radius 2 is 2.17 bits per heavy atom. The molecule has 1 aromatic heterocycles. The van der Waals surface area contributed by atoms with Crippen LogP contribution < -0.4 is 10.6 Å². The zero-order chi connectivity index (χ0) is 17.4. The Bertz CT molecular complexity index is 667. The first-order valence-electron chi connectivity index (χ1n) is 7.96. The molecular weight excluding hydrogens is 347 g/mol. The molecule has 0 aliphatic heterocycles. The molecule has 2 rings (SSSR count). The van der Waals surface area contributed by atoms with Gasteiger partial charge in [0.2, 0.25) is 0 Å². The van der Waals surface area contributed by atoms with Gasteiger partial charge in [0.15, 0.2) is 5.96 Å². The van der Waals surface area contributed by atoms with E-state index in [1.165, 1.54) is 10.9 Å². The molecule has 0 amide bonds. The van der Waals surface area contributed by atoms with Crippen LogP contribution in [0.5, 0.6) is 0 Å². The number of halogens is 2. The zero-order valence-electron chi connectivity index (χ0n) is 13.9. The Balaban J connectivity index is 1.85. The molecule has 2 N–H and O–H groups in total. The van der Waals surface area contributed by atoms with Crippen molar-refractivity contribution in [3.63, 3.8) is 0 Å².